The zero-order valence-electron chi connectivity index (χ0n) is 9.03. The zero-order chi connectivity index (χ0) is 10.6. The van der Waals surface area contributed by atoms with Crippen LogP contribution in [0.2, 0.25) is 0 Å². The lowest BCUT2D eigenvalue weighted by atomic mass is 10.2. The summed E-state index contributed by atoms with van der Waals surface area (Å²) in [5.74, 6) is 2.68. The van der Waals surface area contributed by atoms with E-state index in [9.17, 15) is 0 Å². The van der Waals surface area contributed by atoms with Crippen molar-refractivity contribution in [1.29, 1.82) is 0 Å². The van der Waals surface area contributed by atoms with Gasteiger partial charge in [0.15, 0.2) is 5.16 Å². The summed E-state index contributed by atoms with van der Waals surface area (Å²) in [4.78, 5) is 0. The Morgan fingerprint density at radius 1 is 1.43 bits per heavy atom. The summed E-state index contributed by atoms with van der Waals surface area (Å²) in [6, 6.07) is 0. The van der Waals surface area contributed by atoms with Crippen LogP contribution in [0.25, 0.3) is 0 Å². The van der Waals surface area contributed by atoms with E-state index in [1.165, 1.54) is 6.42 Å². The fourth-order valence-electron chi connectivity index (χ4n) is 1.03. The molecule has 0 atom stereocenters. The summed E-state index contributed by atoms with van der Waals surface area (Å²) < 4.78 is 1.96. The number of nitrogens with two attached hydrogens (primary N) is 1. The fourth-order valence-corrected chi connectivity index (χ4v) is 2.20. The lowest BCUT2D eigenvalue weighted by Gasteiger charge is -2.04. The number of thioether (sulfide) groups is 1. The molecule has 5 heteroatoms. The van der Waals surface area contributed by atoms with Gasteiger partial charge in [0.2, 0.25) is 0 Å². The first-order chi connectivity index (χ1) is 6.65. The van der Waals surface area contributed by atoms with Crippen molar-refractivity contribution < 1.29 is 0 Å². The quantitative estimate of drug-likeness (QED) is 0.753. The van der Waals surface area contributed by atoms with Gasteiger partial charge < -0.3 is 10.3 Å². The van der Waals surface area contributed by atoms with Gasteiger partial charge >= 0.3 is 0 Å². The third-order valence-corrected chi connectivity index (χ3v) is 3.09. The monoisotopic (exact) mass is 214 g/mol. The van der Waals surface area contributed by atoms with Crippen molar-refractivity contribution in [3.8, 4) is 0 Å². The van der Waals surface area contributed by atoms with Gasteiger partial charge in [0.1, 0.15) is 5.82 Å². The van der Waals surface area contributed by atoms with E-state index in [0.29, 0.717) is 6.54 Å². The van der Waals surface area contributed by atoms with Gasteiger partial charge in [0.05, 0.1) is 6.54 Å². The second-order valence-corrected chi connectivity index (χ2v) is 4.75. The van der Waals surface area contributed by atoms with E-state index in [1.807, 2.05) is 11.6 Å². The van der Waals surface area contributed by atoms with Crippen molar-refractivity contribution in [2.24, 2.45) is 18.7 Å². The second kappa shape index (κ2) is 5.36. The van der Waals surface area contributed by atoms with Gasteiger partial charge in [0, 0.05) is 12.8 Å². The maximum atomic E-state index is 5.51. The van der Waals surface area contributed by atoms with Crippen LogP contribution in [0.15, 0.2) is 5.16 Å². The molecule has 1 heterocycles. The van der Waals surface area contributed by atoms with Crippen LogP contribution in [-0.4, -0.2) is 20.5 Å². The van der Waals surface area contributed by atoms with Crippen molar-refractivity contribution in [2.75, 3.05) is 5.75 Å². The minimum absolute atomic E-state index is 0.453. The van der Waals surface area contributed by atoms with Crippen molar-refractivity contribution in [2.45, 2.75) is 32.0 Å². The number of rotatable bonds is 5. The standard InChI is InChI=1S/C9H18N4S/c1-7(2)4-5-14-9-12-11-8(6-10)13(9)3/h7H,4-6,10H2,1-3H3. The molecule has 0 radical (unpaired) electrons. The summed E-state index contributed by atoms with van der Waals surface area (Å²) in [5.41, 5.74) is 5.51. The highest BCUT2D eigenvalue weighted by Gasteiger charge is 2.07. The van der Waals surface area contributed by atoms with Crippen LogP contribution in [0.3, 0.4) is 0 Å². The third-order valence-electron chi connectivity index (χ3n) is 2.03. The van der Waals surface area contributed by atoms with E-state index < -0.39 is 0 Å². The van der Waals surface area contributed by atoms with Crippen LogP contribution < -0.4 is 5.73 Å². The third kappa shape index (κ3) is 2.99. The molecule has 0 bridgehead atoms. The van der Waals surface area contributed by atoms with Crippen LogP contribution in [0.5, 0.6) is 0 Å². The van der Waals surface area contributed by atoms with E-state index in [-0.39, 0.29) is 0 Å². The maximum absolute atomic E-state index is 5.51. The molecule has 0 unspecified atom stereocenters. The first kappa shape index (κ1) is 11.5. The Bertz CT molecular complexity index is 282. The van der Waals surface area contributed by atoms with E-state index >= 15 is 0 Å². The summed E-state index contributed by atoms with van der Waals surface area (Å²) in [5, 5.41) is 9.04. The average Bonchev–Trinajstić information content (AvgIpc) is 2.47. The summed E-state index contributed by atoms with van der Waals surface area (Å²) >= 11 is 1.75. The molecule has 2 N–H and O–H groups in total. The van der Waals surface area contributed by atoms with E-state index in [0.717, 1.165) is 22.7 Å². The van der Waals surface area contributed by atoms with Gasteiger partial charge in [-0.3, -0.25) is 0 Å². The Hall–Kier alpha value is -0.550. The molecule has 1 rings (SSSR count). The van der Waals surface area contributed by atoms with Gasteiger partial charge in [0.25, 0.3) is 0 Å². The van der Waals surface area contributed by atoms with Gasteiger partial charge in [-0.25, -0.2) is 0 Å². The highest BCUT2D eigenvalue weighted by atomic mass is 32.2. The Balaban J connectivity index is 2.46. The smallest absolute Gasteiger partial charge is 0.190 e. The molecular weight excluding hydrogens is 196 g/mol. The van der Waals surface area contributed by atoms with E-state index in [2.05, 4.69) is 24.0 Å². The van der Waals surface area contributed by atoms with Crippen LogP contribution in [-0.2, 0) is 13.6 Å². The second-order valence-electron chi connectivity index (χ2n) is 3.69. The molecule has 0 aliphatic rings. The SMILES string of the molecule is CC(C)CCSc1nnc(CN)n1C. The number of nitrogens with zero attached hydrogens (tertiary/aromatic N) is 3. The minimum Gasteiger partial charge on any atom is -0.324 e. The first-order valence-corrected chi connectivity index (χ1v) is 5.84. The van der Waals surface area contributed by atoms with Crippen molar-refractivity contribution >= 4 is 11.8 Å². The van der Waals surface area contributed by atoms with Gasteiger partial charge in [-0.05, 0) is 12.3 Å². The Kier molecular flexibility index (Phi) is 4.41. The average molecular weight is 214 g/mol. The molecule has 0 fully saturated rings. The van der Waals surface area contributed by atoms with Crippen LogP contribution in [0.4, 0.5) is 0 Å². The molecule has 80 valence electrons. The molecule has 14 heavy (non-hydrogen) atoms. The molecule has 0 aliphatic heterocycles. The number of aromatic nitrogens is 3. The Morgan fingerprint density at radius 3 is 2.64 bits per heavy atom. The minimum atomic E-state index is 0.453. The fraction of sp³-hybridized carbons (Fsp3) is 0.778. The van der Waals surface area contributed by atoms with Crippen molar-refractivity contribution in [1.82, 2.24) is 14.8 Å². The van der Waals surface area contributed by atoms with Crippen molar-refractivity contribution in [3.63, 3.8) is 0 Å². The summed E-state index contributed by atoms with van der Waals surface area (Å²) in [6.07, 6.45) is 1.20. The van der Waals surface area contributed by atoms with Gasteiger partial charge in [-0.1, -0.05) is 25.6 Å². The Labute approximate surface area is 89.3 Å². The molecule has 0 aliphatic carbocycles. The Morgan fingerprint density at radius 2 is 2.14 bits per heavy atom. The molecular formula is C9H18N4S. The lowest BCUT2D eigenvalue weighted by Crippen LogP contribution is -2.05. The molecule has 0 saturated heterocycles. The molecule has 0 amide bonds. The molecule has 0 saturated carbocycles. The lowest BCUT2D eigenvalue weighted by molar-refractivity contribution is 0.630. The number of hydrogen-bond acceptors (Lipinski definition) is 4. The van der Waals surface area contributed by atoms with Gasteiger partial charge in [-0.15, -0.1) is 10.2 Å². The van der Waals surface area contributed by atoms with Gasteiger partial charge in [-0.2, -0.15) is 0 Å². The first-order valence-electron chi connectivity index (χ1n) is 4.86. The topological polar surface area (TPSA) is 56.7 Å². The zero-order valence-corrected chi connectivity index (χ0v) is 9.84. The molecule has 1 aromatic rings. The molecule has 0 spiro atoms. The highest BCUT2D eigenvalue weighted by Crippen LogP contribution is 2.18. The predicted molar refractivity (Wildman–Crippen MR) is 59.1 cm³/mol. The maximum Gasteiger partial charge on any atom is 0.190 e. The van der Waals surface area contributed by atoms with Crippen LogP contribution >= 0.6 is 11.8 Å². The van der Waals surface area contributed by atoms with E-state index in [4.69, 9.17) is 5.73 Å². The molecule has 0 aromatic carbocycles. The predicted octanol–water partition coefficient (Wildman–Crippen LogP) is 1.41. The van der Waals surface area contributed by atoms with Crippen molar-refractivity contribution in [3.05, 3.63) is 5.82 Å². The summed E-state index contributed by atoms with van der Waals surface area (Å²) in [6.45, 7) is 4.90. The van der Waals surface area contributed by atoms with Crippen LogP contribution in [0.1, 0.15) is 26.1 Å². The van der Waals surface area contributed by atoms with Crippen LogP contribution in [0, 0.1) is 5.92 Å². The van der Waals surface area contributed by atoms with E-state index in [1.54, 1.807) is 11.8 Å². The number of hydrogen-bond donors (Lipinski definition) is 1. The molecule has 1 aromatic heterocycles. The highest BCUT2D eigenvalue weighted by molar-refractivity contribution is 7.99. The molecule has 4 nitrogen and oxygen atoms in total. The largest absolute Gasteiger partial charge is 0.324 e. The summed E-state index contributed by atoms with van der Waals surface area (Å²) in [7, 11) is 1.96. The normalized spacial score (nSPS) is 11.2.